The molecule has 1 aromatic heterocycles. The number of carbonyl (C=O) groups is 2. The molecule has 53 heavy (non-hydrogen) atoms. The zero-order chi connectivity index (χ0) is 39.4. The molecule has 4 rings (SSSR count). The molecule has 1 aliphatic rings. The number of carboxylic acids is 1. The number of hydrogen-bond donors (Lipinski definition) is 2. The summed E-state index contributed by atoms with van der Waals surface area (Å²) in [6, 6.07) is 3.55. The molecular weight excluding hydrogens is 731 g/mol. The maximum absolute atomic E-state index is 14.0. The Hall–Kier alpha value is -4.65. The van der Waals surface area contributed by atoms with E-state index in [0.29, 0.717) is 12.1 Å². The van der Waals surface area contributed by atoms with Crippen LogP contribution in [0.2, 0.25) is 0 Å². The molecule has 0 radical (unpaired) electrons. The van der Waals surface area contributed by atoms with Crippen LogP contribution in [-0.4, -0.2) is 59.7 Å². The number of aliphatic carboxylic acids is 1. The monoisotopic (exact) mass is 766 g/mol. The third-order valence-corrected chi connectivity index (χ3v) is 8.50. The number of carbonyl (C=O) groups excluding carboxylic acids is 1. The summed E-state index contributed by atoms with van der Waals surface area (Å²) in [5.41, 5.74) is 0.0398. The minimum atomic E-state index is -5.14. The number of aromatic nitrogens is 2. The van der Waals surface area contributed by atoms with E-state index in [2.05, 4.69) is 9.97 Å². The van der Waals surface area contributed by atoms with Gasteiger partial charge in [0.2, 0.25) is 0 Å². The van der Waals surface area contributed by atoms with E-state index in [1.807, 2.05) is 0 Å². The lowest BCUT2D eigenvalue weighted by molar-refractivity contribution is -0.143. The first-order chi connectivity index (χ1) is 24.7. The number of unbranched alkanes of at least 4 members (excludes halogenated alkanes) is 1. The van der Waals surface area contributed by atoms with Crippen molar-refractivity contribution in [3.8, 4) is 5.75 Å². The summed E-state index contributed by atoms with van der Waals surface area (Å²) in [5.74, 6) is -2.58. The number of carboxylic acid groups (broad SMARTS) is 1. The van der Waals surface area contributed by atoms with Crippen LogP contribution in [0.3, 0.4) is 0 Å². The number of halogens is 9. The predicted molar refractivity (Wildman–Crippen MR) is 169 cm³/mol. The van der Waals surface area contributed by atoms with Gasteiger partial charge in [0.1, 0.15) is 18.1 Å². The molecule has 2 heterocycles. The van der Waals surface area contributed by atoms with Crippen molar-refractivity contribution in [2.24, 2.45) is 5.73 Å². The standard InChI is InChI=1S/C34H35F9N4O6/c1-3-31(44)17-24(23-16-20(32(35,36)37)7-8-26(23)47(31)30(50)53-9-5-4-6-28(48)49)29-45-18-27(52-11-10-51-2)25(46-29)14-19-12-21(33(38,39)40)15-22(13-19)34(41,42)43/h7-8,12-13,15-16,18,24H,3-6,9-11,14,17,44H2,1-2H3,(H,48,49)/t24-,31+/m0/s1. The van der Waals surface area contributed by atoms with Crippen molar-refractivity contribution in [3.63, 3.8) is 0 Å². The summed E-state index contributed by atoms with van der Waals surface area (Å²) in [6.07, 6.45) is -15.8. The van der Waals surface area contributed by atoms with Gasteiger partial charge in [-0.2, -0.15) is 39.5 Å². The van der Waals surface area contributed by atoms with Crippen LogP contribution >= 0.6 is 0 Å². The van der Waals surface area contributed by atoms with Crippen molar-refractivity contribution >= 4 is 17.7 Å². The number of amides is 1. The Morgan fingerprint density at radius 1 is 0.925 bits per heavy atom. The maximum Gasteiger partial charge on any atom is 0.416 e. The molecule has 2 atom stereocenters. The first-order valence-electron chi connectivity index (χ1n) is 16.1. The molecule has 10 nitrogen and oxygen atoms in total. The van der Waals surface area contributed by atoms with E-state index in [-0.39, 0.29) is 86.5 Å². The topological polar surface area (TPSA) is 137 Å². The lowest BCUT2D eigenvalue weighted by atomic mass is 9.80. The van der Waals surface area contributed by atoms with E-state index < -0.39 is 70.8 Å². The zero-order valence-electron chi connectivity index (χ0n) is 28.3. The summed E-state index contributed by atoms with van der Waals surface area (Å²) >= 11 is 0. The van der Waals surface area contributed by atoms with Gasteiger partial charge in [-0.1, -0.05) is 6.92 Å². The Morgan fingerprint density at radius 2 is 1.57 bits per heavy atom. The molecular formula is C34H35F9N4O6. The van der Waals surface area contributed by atoms with Gasteiger partial charge >= 0.3 is 30.6 Å². The number of ether oxygens (including phenoxy) is 3. The van der Waals surface area contributed by atoms with Crippen LogP contribution in [0.5, 0.6) is 5.75 Å². The third kappa shape index (κ3) is 10.1. The van der Waals surface area contributed by atoms with E-state index in [0.717, 1.165) is 29.3 Å². The molecule has 0 fully saturated rings. The minimum absolute atomic E-state index is 0.0214. The molecule has 3 aromatic rings. The number of fused-ring (bicyclic) bond motifs is 1. The second-order valence-electron chi connectivity index (χ2n) is 12.3. The Labute approximate surface area is 297 Å². The van der Waals surface area contributed by atoms with Crippen molar-refractivity contribution in [1.29, 1.82) is 0 Å². The van der Waals surface area contributed by atoms with E-state index >= 15 is 0 Å². The molecule has 0 unspecified atom stereocenters. The number of hydrogen-bond acceptors (Lipinski definition) is 8. The molecule has 2 aromatic carbocycles. The largest absolute Gasteiger partial charge is 0.488 e. The van der Waals surface area contributed by atoms with Gasteiger partial charge in [-0.3, -0.25) is 9.69 Å². The van der Waals surface area contributed by atoms with Crippen LogP contribution in [-0.2, 0) is 39.2 Å². The predicted octanol–water partition coefficient (Wildman–Crippen LogP) is 7.95. The summed E-state index contributed by atoms with van der Waals surface area (Å²) in [5, 5.41) is 8.85. The van der Waals surface area contributed by atoms with Crippen LogP contribution in [0.15, 0.2) is 42.6 Å². The summed E-state index contributed by atoms with van der Waals surface area (Å²) in [6.45, 7) is 1.28. The quantitative estimate of drug-likeness (QED) is 0.131. The Morgan fingerprint density at radius 3 is 2.13 bits per heavy atom. The van der Waals surface area contributed by atoms with Crippen molar-refractivity contribution in [1.82, 2.24) is 9.97 Å². The van der Waals surface area contributed by atoms with Crippen LogP contribution in [0.1, 0.15) is 84.3 Å². The maximum atomic E-state index is 14.0. The highest BCUT2D eigenvalue weighted by Gasteiger charge is 2.47. The summed E-state index contributed by atoms with van der Waals surface area (Å²) in [7, 11) is 1.35. The number of anilines is 1. The molecule has 290 valence electrons. The van der Waals surface area contributed by atoms with Crippen LogP contribution in [0.25, 0.3) is 0 Å². The molecule has 0 aliphatic carbocycles. The van der Waals surface area contributed by atoms with Gasteiger partial charge in [0.05, 0.1) is 47.5 Å². The second-order valence-corrected chi connectivity index (χ2v) is 12.3. The first kappa shape index (κ1) is 41.1. The van der Waals surface area contributed by atoms with E-state index in [1.165, 1.54) is 7.11 Å². The van der Waals surface area contributed by atoms with E-state index in [1.54, 1.807) is 6.92 Å². The van der Waals surface area contributed by atoms with Crippen molar-refractivity contribution < 1.29 is 68.4 Å². The number of methoxy groups -OCH3 is 1. The molecule has 1 amide bonds. The number of nitrogens with zero attached hydrogens (tertiary/aromatic N) is 3. The van der Waals surface area contributed by atoms with Gasteiger partial charge in [0.15, 0.2) is 5.75 Å². The smallest absolute Gasteiger partial charge is 0.416 e. The van der Waals surface area contributed by atoms with Crippen LogP contribution in [0.4, 0.5) is 50.0 Å². The van der Waals surface area contributed by atoms with Crippen molar-refractivity contribution in [2.75, 3.05) is 31.8 Å². The fourth-order valence-electron chi connectivity index (χ4n) is 5.81. The summed E-state index contributed by atoms with van der Waals surface area (Å²) < 4.78 is 140. The average Bonchev–Trinajstić information content (AvgIpc) is 3.06. The van der Waals surface area contributed by atoms with Gasteiger partial charge in [0, 0.05) is 25.9 Å². The van der Waals surface area contributed by atoms with Gasteiger partial charge in [-0.05, 0) is 73.2 Å². The lowest BCUT2D eigenvalue weighted by Crippen LogP contribution is -2.61. The minimum Gasteiger partial charge on any atom is -0.488 e. The van der Waals surface area contributed by atoms with Crippen LogP contribution in [0, 0.1) is 0 Å². The molecule has 19 heteroatoms. The number of benzene rings is 2. The van der Waals surface area contributed by atoms with Gasteiger partial charge in [-0.15, -0.1) is 0 Å². The number of nitrogens with two attached hydrogens (primary N) is 1. The highest BCUT2D eigenvalue weighted by Crippen LogP contribution is 2.48. The molecule has 3 N–H and O–H groups in total. The highest BCUT2D eigenvalue weighted by molar-refractivity contribution is 5.91. The zero-order valence-corrected chi connectivity index (χ0v) is 28.3. The van der Waals surface area contributed by atoms with Gasteiger partial charge in [0.25, 0.3) is 0 Å². The SMILES string of the molecule is CC[C@]1(N)C[C@H](c2ncc(OCCOC)c(Cc3cc(C(F)(F)F)cc(C(F)(F)F)c3)n2)c2cc(C(F)(F)F)ccc2N1C(=O)OCCCCC(=O)O. The Bertz CT molecular complexity index is 1750. The number of alkyl halides is 9. The average molecular weight is 767 g/mol. The highest BCUT2D eigenvalue weighted by atomic mass is 19.4. The lowest BCUT2D eigenvalue weighted by Gasteiger charge is -2.46. The van der Waals surface area contributed by atoms with Gasteiger partial charge in [-0.25, -0.2) is 14.8 Å². The fourth-order valence-corrected chi connectivity index (χ4v) is 5.81. The van der Waals surface area contributed by atoms with E-state index in [9.17, 15) is 49.1 Å². The molecule has 0 spiro atoms. The van der Waals surface area contributed by atoms with Crippen molar-refractivity contribution in [2.45, 2.75) is 75.6 Å². The first-order valence-corrected chi connectivity index (χ1v) is 16.1. The summed E-state index contributed by atoms with van der Waals surface area (Å²) in [4.78, 5) is 34.0. The normalized spacial score (nSPS) is 17.7. The van der Waals surface area contributed by atoms with E-state index in [4.69, 9.17) is 25.1 Å². The molecule has 1 aliphatic heterocycles. The van der Waals surface area contributed by atoms with Gasteiger partial charge < -0.3 is 25.1 Å². The Kier molecular flexibility index (Phi) is 12.5. The van der Waals surface area contributed by atoms with Crippen LogP contribution < -0.4 is 15.4 Å². The second kappa shape index (κ2) is 16.2. The fraction of sp³-hybridized carbons (Fsp3) is 0.471. The third-order valence-electron chi connectivity index (χ3n) is 8.50. The van der Waals surface area contributed by atoms with Crippen molar-refractivity contribution in [3.05, 3.63) is 81.9 Å². The Balaban J connectivity index is 1.84. The molecule has 0 saturated heterocycles. The molecule has 0 bridgehead atoms. The number of rotatable bonds is 13. The molecule has 0 saturated carbocycles.